The van der Waals surface area contributed by atoms with Gasteiger partial charge in [-0.15, -0.1) is 0 Å². The molecule has 0 amide bonds. The van der Waals surface area contributed by atoms with Gasteiger partial charge in [-0.2, -0.15) is 0 Å². The minimum absolute atomic E-state index is 0.00458. The first-order valence-electron chi connectivity index (χ1n) is 4.85. The second kappa shape index (κ2) is 3.95. The van der Waals surface area contributed by atoms with Gasteiger partial charge in [0, 0.05) is 5.41 Å². The number of carbonyl (C=O) groups excluding carboxylic acids is 1. The van der Waals surface area contributed by atoms with Crippen LogP contribution in [0, 0.1) is 11.3 Å². The van der Waals surface area contributed by atoms with Crippen LogP contribution in [0.25, 0.3) is 0 Å². The Kier molecular flexibility index (Phi) is 3.12. The fourth-order valence-electron chi connectivity index (χ4n) is 1.91. The Bertz CT molecular complexity index is 210. The van der Waals surface area contributed by atoms with Gasteiger partial charge in [0.1, 0.15) is 6.10 Å². The highest BCUT2D eigenvalue weighted by atomic mass is 16.5. The number of ether oxygens (including phenoxy) is 1. The number of rotatable bonds is 3. The maximum atomic E-state index is 10.3. The van der Waals surface area contributed by atoms with Crippen molar-refractivity contribution >= 4 is 6.47 Å². The van der Waals surface area contributed by atoms with Crippen LogP contribution >= 0.6 is 0 Å². The maximum Gasteiger partial charge on any atom is 0.293 e. The van der Waals surface area contributed by atoms with E-state index in [-0.39, 0.29) is 11.5 Å². The van der Waals surface area contributed by atoms with Gasteiger partial charge >= 0.3 is 0 Å². The molecule has 0 radical (unpaired) electrons. The Labute approximate surface area is 80.0 Å². The van der Waals surface area contributed by atoms with Crippen LogP contribution in [0.5, 0.6) is 0 Å². The first-order valence-corrected chi connectivity index (χ1v) is 4.85. The molecule has 0 aromatic carbocycles. The molecule has 1 aliphatic rings. The van der Waals surface area contributed by atoms with E-state index in [1.54, 1.807) is 0 Å². The van der Waals surface area contributed by atoms with Gasteiger partial charge in [-0.25, -0.2) is 0 Å². The highest BCUT2D eigenvalue weighted by Gasteiger charge is 2.38. The predicted octanol–water partition coefficient (Wildman–Crippen LogP) is 2.54. The van der Waals surface area contributed by atoms with Crippen molar-refractivity contribution in [2.75, 3.05) is 0 Å². The zero-order chi connectivity index (χ0) is 9.90. The minimum atomic E-state index is 0.00458. The van der Waals surface area contributed by atoms with Crippen LogP contribution in [0.1, 0.15) is 33.6 Å². The fourth-order valence-corrected chi connectivity index (χ4v) is 1.91. The summed E-state index contributed by atoms with van der Waals surface area (Å²) < 4.78 is 5.04. The Hall–Kier alpha value is -0.790. The second-order valence-electron chi connectivity index (χ2n) is 4.19. The molecule has 3 unspecified atom stereocenters. The van der Waals surface area contributed by atoms with E-state index in [0.717, 1.165) is 12.8 Å². The lowest BCUT2D eigenvalue weighted by atomic mass is 9.68. The van der Waals surface area contributed by atoms with Gasteiger partial charge in [-0.1, -0.05) is 26.0 Å². The summed E-state index contributed by atoms with van der Waals surface area (Å²) >= 11 is 0. The van der Waals surface area contributed by atoms with Crippen LogP contribution in [0.2, 0.25) is 0 Å². The molecular formula is C11H18O2. The molecule has 0 saturated heterocycles. The Balaban J connectivity index is 2.72. The summed E-state index contributed by atoms with van der Waals surface area (Å²) in [4.78, 5) is 10.3. The zero-order valence-corrected chi connectivity index (χ0v) is 8.62. The van der Waals surface area contributed by atoms with Crippen LogP contribution in [0.15, 0.2) is 12.2 Å². The molecule has 1 aliphatic carbocycles. The first kappa shape index (κ1) is 10.3. The van der Waals surface area contributed by atoms with E-state index in [1.165, 1.54) is 0 Å². The average molecular weight is 182 g/mol. The standard InChI is InChI=1S/C11H18O2/c1-9-6-4-5-7-11(9,3)10(2)13-8-12/h4-5,8-10H,6-7H2,1-3H3. The highest BCUT2D eigenvalue weighted by Crippen LogP contribution is 2.41. The molecule has 0 aromatic heterocycles. The monoisotopic (exact) mass is 182 g/mol. The summed E-state index contributed by atoms with van der Waals surface area (Å²) in [5.41, 5.74) is 0.107. The van der Waals surface area contributed by atoms with E-state index in [0.29, 0.717) is 12.4 Å². The molecule has 0 N–H and O–H groups in total. The van der Waals surface area contributed by atoms with Crippen molar-refractivity contribution in [1.29, 1.82) is 0 Å². The second-order valence-corrected chi connectivity index (χ2v) is 4.19. The molecule has 74 valence electrons. The van der Waals surface area contributed by atoms with E-state index in [2.05, 4.69) is 26.0 Å². The molecule has 1 rings (SSSR count). The number of allylic oxidation sites excluding steroid dienone is 2. The quantitative estimate of drug-likeness (QED) is 0.495. The number of hydrogen-bond acceptors (Lipinski definition) is 2. The number of carbonyl (C=O) groups is 1. The normalized spacial score (nSPS) is 35.5. The van der Waals surface area contributed by atoms with Crippen molar-refractivity contribution in [3.8, 4) is 0 Å². The van der Waals surface area contributed by atoms with E-state index in [9.17, 15) is 4.79 Å². The molecule has 3 atom stereocenters. The van der Waals surface area contributed by atoms with Crippen molar-refractivity contribution in [3.63, 3.8) is 0 Å². The summed E-state index contributed by atoms with van der Waals surface area (Å²) in [6, 6.07) is 0. The Morgan fingerprint density at radius 2 is 2.31 bits per heavy atom. The van der Waals surface area contributed by atoms with E-state index in [4.69, 9.17) is 4.74 Å². The van der Waals surface area contributed by atoms with Crippen molar-refractivity contribution in [1.82, 2.24) is 0 Å². The van der Waals surface area contributed by atoms with E-state index >= 15 is 0 Å². The van der Waals surface area contributed by atoms with Gasteiger partial charge < -0.3 is 4.74 Å². The molecule has 0 aromatic rings. The molecule has 13 heavy (non-hydrogen) atoms. The molecule has 2 heteroatoms. The Morgan fingerprint density at radius 1 is 1.62 bits per heavy atom. The minimum Gasteiger partial charge on any atom is -0.464 e. The van der Waals surface area contributed by atoms with Crippen LogP contribution < -0.4 is 0 Å². The lowest BCUT2D eigenvalue weighted by Crippen LogP contribution is -2.38. The SMILES string of the molecule is CC1CC=CCC1(C)C(C)OC=O. The molecule has 0 spiro atoms. The molecule has 2 nitrogen and oxygen atoms in total. The Morgan fingerprint density at radius 3 is 2.85 bits per heavy atom. The molecule has 0 aliphatic heterocycles. The van der Waals surface area contributed by atoms with Gasteiger partial charge in [-0.05, 0) is 25.7 Å². The van der Waals surface area contributed by atoms with Gasteiger partial charge in [0.05, 0.1) is 0 Å². The van der Waals surface area contributed by atoms with E-state index in [1.807, 2.05) is 6.92 Å². The lowest BCUT2D eigenvalue weighted by Gasteiger charge is -2.40. The van der Waals surface area contributed by atoms with Crippen LogP contribution in [-0.2, 0) is 9.53 Å². The van der Waals surface area contributed by atoms with Crippen LogP contribution in [0.3, 0.4) is 0 Å². The van der Waals surface area contributed by atoms with Crippen molar-refractivity contribution in [2.45, 2.75) is 39.7 Å². The van der Waals surface area contributed by atoms with Gasteiger partial charge in [0.25, 0.3) is 6.47 Å². The fraction of sp³-hybridized carbons (Fsp3) is 0.727. The maximum absolute atomic E-state index is 10.3. The van der Waals surface area contributed by atoms with Crippen molar-refractivity contribution in [2.24, 2.45) is 11.3 Å². The van der Waals surface area contributed by atoms with Crippen molar-refractivity contribution in [3.05, 3.63) is 12.2 Å². The smallest absolute Gasteiger partial charge is 0.293 e. The topological polar surface area (TPSA) is 26.3 Å². The summed E-state index contributed by atoms with van der Waals surface area (Å²) in [7, 11) is 0. The summed E-state index contributed by atoms with van der Waals surface area (Å²) in [6.07, 6.45) is 6.49. The summed E-state index contributed by atoms with van der Waals surface area (Å²) in [6.45, 7) is 6.94. The molecule has 0 fully saturated rings. The lowest BCUT2D eigenvalue weighted by molar-refractivity contribution is -0.141. The summed E-state index contributed by atoms with van der Waals surface area (Å²) in [5.74, 6) is 0.576. The largest absolute Gasteiger partial charge is 0.464 e. The van der Waals surface area contributed by atoms with Gasteiger partial charge in [0.2, 0.25) is 0 Å². The molecule has 0 saturated carbocycles. The molecule has 0 heterocycles. The third-order valence-electron chi connectivity index (χ3n) is 3.53. The summed E-state index contributed by atoms with van der Waals surface area (Å²) in [5, 5.41) is 0. The highest BCUT2D eigenvalue weighted by molar-refractivity contribution is 5.37. The van der Waals surface area contributed by atoms with Gasteiger partial charge in [0.15, 0.2) is 0 Å². The zero-order valence-electron chi connectivity index (χ0n) is 8.62. The van der Waals surface area contributed by atoms with Crippen molar-refractivity contribution < 1.29 is 9.53 Å². The van der Waals surface area contributed by atoms with Gasteiger partial charge in [-0.3, -0.25) is 4.79 Å². The molecular weight excluding hydrogens is 164 g/mol. The first-order chi connectivity index (χ1) is 6.11. The van der Waals surface area contributed by atoms with Crippen LogP contribution in [0.4, 0.5) is 0 Å². The third-order valence-corrected chi connectivity index (χ3v) is 3.53. The molecule has 0 bridgehead atoms. The third kappa shape index (κ3) is 1.93. The van der Waals surface area contributed by atoms with Crippen LogP contribution in [-0.4, -0.2) is 12.6 Å². The average Bonchev–Trinajstić information content (AvgIpc) is 2.11. The number of hydrogen-bond donors (Lipinski definition) is 0. The van der Waals surface area contributed by atoms with E-state index < -0.39 is 0 Å². The predicted molar refractivity (Wildman–Crippen MR) is 52.3 cm³/mol.